The summed E-state index contributed by atoms with van der Waals surface area (Å²) in [6.07, 6.45) is -0.667. The first-order chi connectivity index (χ1) is 13.9. The van der Waals surface area contributed by atoms with E-state index >= 15 is 0 Å². The zero-order valence-electron chi connectivity index (χ0n) is 15.3. The van der Waals surface area contributed by atoms with Crippen LogP contribution in [-0.4, -0.2) is 33.4 Å². The van der Waals surface area contributed by atoms with E-state index in [0.717, 1.165) is 27.5 Å². The van der Waals surface area contributed by atoms with Crippen LogP contribution in [0.4, 0.5) is 5.69 Å². The number of fused-ring (bicyclic) bond motifs is 3. The lowest BCUT2D eigenvalue weighted by molar-refractivity contribution is 0.0697. The number of aromatic carboxylic acids is 1. The molecule has 0 spiro atoms. The maximum atomic E-state index is 10.9. The van der Waals surface area contributed by atoms with Gasteiger partial charge in [-0.05, 0) is 60.7 Å². The van der Waals surface area contributed by atoms with Gasteiger partial charge in [-0.2, -0.15) is 0 Å². The average Bonchev–Trinajstić information content (AvgIpc) is 2.99. The first-order valence-electron chi connectivity index (χ1n) is 9.04. The van der Waals surface area contributed by atoms with Crippen molar-refractivity contribution in [3.8, 4) is 0 Å². The van der Waals surface area contributed by atoms with Crippen LogP contribution in [0.1, 0.15) is 10.4 Å². The molecule has 7 heteroatoms. The molecule has 3 N–H and O–H groups in total. The Hall–Kier alpha value is -2.73. The van der Waals surface area contributed by atoms with Crippen molar-refractivity contribution >= 4 is 56.7 Å². The third-order valence-corrected chi connectivity index (χ3v) is 5.33. The maximum absolute atomic E-state index is 10.9. The number of halogens is 2. The lowest BCUT2D eigenvalue weighted by Gasteiger charge is -2.16. The molecule has 1 unspecified atom stereocenters. The summed E-state index contributed by atoms with van der Waals surface area (Å²) in [7, 11) is 0. The summed E-state index contributed by atoms with van der Waals surface area (Å²) in [6.45, 7) is 0.693. The molecule has 4 aromatic rings. The molecule has 0 amide bonds. The van der Waals surface area contributed by atoms with E-state index in [2.05, 4.69) is 9.88 Å². The third kappa shape index (κ3) is 4.03. The Morgan fingerprint density at radius 3 is 2.00 bits per heavy atom. The number of aliphatic hydroxyl groups is 1. The topological polar surface area (TPSA) is 74.5 Å². The van der Waals surface area contributed by atoms with E-state index in [9.17, 15) is 9.90 Å². The van der Waals surface area contributed by atoms with Crippen molar-refractivity contribution in [3.63, 3.8) is 0 Å². The Labute approximate surface area is 177 Å². The Morgan fingerprint density at radius 2 is 1.48 bits per heavy atom. The van der Waals surface area contributed by atoms with Gasteiger partial charge in [-0.25, -0.2) is 4.79 Å². The van der Waals surface area contributed by atoms with Crippen LogP contribution in [0.25, 0.3) is 21.8 Å². The lowest BCUT2D eigenvalue weighted by Crippen LogP contribution is -2.24. The Kier molecular flexibility index (Phi) is 5.37. The standard InChI is InChI=1S/C22H18Cl2N2O3/c23-14-3-7-20-18(9-14)19-10-15(24)4-8-21(19)26(20)12-17(27)11-25-16-5-1-13(2-6-16)22(28)29/h1-10,17,25,27H,11-12H2,(H,28,29). The fraction of sp³-hybridized carbons (Fsp3) is 0.136. The SMILES string of the molecule is O=C(O)c1ccc(NCC(O)Cn2c3ccc(Cl)cc3c3cc(Cl)ccc32)cc1. The molecule has 148 valence electrons. The Bertz CT molecular complexity index is 1140. The number of rotatable bonds is 6. The van der Waals surface area contributed by atoms with Crippen molar-refractivity contribution in [3.05, 3.63) is 76.3 Å². The molecule has 0 saturated carbocycles. The number of nitrogens with one attached hydrogen (secondary N) is 1. The number of hydrogen-bond donors (Lipinski definition) is 3. The molecule has 0 aliphatic rings. The van der Waals surface area contributed by atoms with Gasteiger partial charge in [0.2, 0.25) is 0 Å². The number of carbonyl (C=O) groups is 1. The fourth-order valence-electron chi connectivity index (χ4n) is 3.49. The minimum atomic E-state index is -0.969. The van der Waals surface area contributed by atoms with Crippen LogP contribution in [0.3, 0.4) is 0 Å². The number of benzene rings is 3. The van der Waals surface area contributed by atoms with Crippen molar-refractivity contribution < 1.29 is 15.0 Å². The minimum absolute atomic E-state index is 0.221. The highest BCUT2D eigenvalue weighted by molar-refractivity contribution is 6.33. The molecule has 0 bridgehead atoms. The van der Waals surface area contributed by atoms with Crippen molar-refractivity contribution in [2.45, 2.75) is 12.6 Å². The normalized spacial score (nSPS) is 12.4. The summed E-state index contributed by atoms with van der Waals surface area (Å²) >= 11 is 12.4. The molecule has 1 atom stereocenters. The maximum Gasteiger partial charge on any atom is 0.335 e. The smallest absolute Gasteiger partial charge is 0.335 e. The number of nitrogens with zero attached hydrogens (tertiary/aromatic N) is 1. The first-order valence-corrected chi connectivity index (χ1v) is 9.80. The highest BCUT2D eigenvalue weighted by Gasteiger charge is 2.15. The van der Waals surface area contributed by atoms with Gasteiger partial charge in [0.25, 0.3) is 0 Å². The molecule has 29 heavy (non-hydrogen) atoms. The van der Waals surface area contributed by atoms with E-state index < -0.39 is 12.1 Å². The third-order valence-electron chi connectivity index (χ3n) is 4.86. The van der Waals surface area contributed by atoms with Gasteiger partial charge in [-0.1, -0.05) is 23.2 Å². The second kappa shape index (κ2) is 7.95. The zero-order chi connectivity index (χ0) is 20.5. The number of carboxylic acids is 1. The Morgan fingerprint density at radius 1 is 0.931 bits per heavy atom. The number of hydrogen-bond acceptors (Lipinski definition) is 3. The quantitative estimate of drug-likeness (QED) is 0.390. The van der Waals surface area contributed by atoms with E-state index in [1.54, 1.807) is 12.1 Å². The molecule has 1 heterocycles. The van der Waals surface area contributed by atoms with Gasteiger partial charge in [-0.15, -0.1) is 0 Å². The highest BCUT2D eigenvalue weighted by Crippen LogP contribution is 2.33. The van der Waals surface area contributed by atoms with Gasteiger partial charge < -0.3 is 20.1 Å². The second-order valence-electron chi connectivity index (χ2n) is 6.85. The molecule has 4 rings (SSSR count). The predicted molar refractivity (Wildman–Crippen MR) is 117 cm³/mol. The summed E-state index contributed by atoms with van der Waals surface area (Å²) in [5.74, 6) is -0.969. The number of aromatic nitrogens is 1. The van der Waals surface area contributed by atoms with Crippen LogP contribution in [0, 0.1) is 0 Å². The van der Waals surface area contributed by atoms with Crippen LogP contribution in [0.5, 0.6) is 0 Å². The summed E-state index contributed by atoms with van der Waals surface area (Å²) in [5.41, 5.74) is 2.90. The average molecular weight is 429 g/mol. The number of aliphatic hydroxyl groups excluding tert-OH is 1. The molecule has 0 radical (unpaired) electrons. The minimum Gasteiger partial charge on any atom is -0.478 e. The largest absolute Gasteiger partial charge is 0.478 e. The van der Waals surface area contributed by atoms with E-state index in [-0.39, 0.29) is 5.56 Å². The molecule has 0 aliphatic heterocycles. The molecule has 0 aliphatic carbocycles. The van der Waals surface area contributed by atoms with Gasteiger partial charge in [-0.3, -0.25) is 0 Å². The van der Waals surface area contributed by atoms with Gasteiger partial charge in [0, 0.05) is 44.1 Å². The fourth-order valence-corrected chi connectivity index (χ4v) is 3.83. The van der Waals surface area contributed by atoms with Crippen LogP contribution in [0.15, 0.2) is 60.7 Å². The van der Waals surface area contributed by atoms with Crippen molar-refractivity contribution in [1.82, 2.24) is 4.57 Å². The van der Waals surface area contributed by atoms with Crippen LogP contribution < -0.4 is 5.32 Å². The van der Waals surface area contributed by atoms with Crippen molar-refractivity contribution in [2.24, 2.45) is 0 Å². The molecule has 3 aromatic carbocycles. The van der Waals surface area contributed by atoms with E-state index in [4.69, 9.17) is 28.3 Å². The summed E-state index contributed by atoms with van der Waals surface area (Å²) in [4.78, 5) is 10.9. The summed E-state index contributed by atoms with van der Waals surface area (Å²) in [5, 5.41) is 26.0. The molecule has 0 saturated heterocycles. The van der Waals surface area contributed by atoms with Gasteiger partial charge in [0.1, 0.15) is 0 Å². The van der Waals surface area contributed by atoms with Gasteiger partial charge >= 0.3 is 5.97 Å². The molecular formula is C22H18Cl2N2O3. The summed E-state index contributed by atoms with van der Waals surface area (Å²) in [6, 6.07) is 17.8. The van der Waals surface area contributed by atoms with Gasteiger partial charge in [0.05, 0.1) is 18.2 Å². The van der Waals surface area contributed by atoms with Gasteiger partial charge in [0.15, 0.2) is 0 Å². The highest BCUT2D eigenvalue weighted by atomic mass is 35.5. The molecule has 5 nitrogen and oxygen atoms in total. The zero-order valence-corrected chi connectivity index (χ0v) is 16.8. The van der Waals surface area contributed by atoms with Crippen LogP contribution in [0.2, 0.25) is 10.0 Å². The second-order valence-corrected chi connectivity index (χ2v) is 7.72. The van der Waals surface area contributed by atoms with E-state index in [1.807, 2.05) is 36.4 Å². The molecule has 1 aromatic heterocycles. The van der Waals surface area contributed by atoms with Crippen LogP contribution >= 0.6 is 23.2 Å². The van der Waals surface area contributed by atoms with E-state index in [0.29, 0.717) is 23.1 Å². The van der Waals surface area contributed by atoms with Crippen molar-refractivity contribution in [2.75, 3.05) is 11.9 Å². The van der Waals surface area contributed by atoms with Crippen LogP contribution in [-0.2, 0) is 6.54 Å². The lowest BCUT2D eigenvalue weighted by atomic mass is 10.1. The Balaban J connectivity index is 1.57. The first kappa shape index (κ1) is 19.6. The van der Waals surface area contributed by atoms with Crippen molar-refractivity contribution in [1.29, 1.82) is 0 Å². The van der Waals surface area contributed by atoms with E-state index in [1.165, 1.54) is 12.1 Å². The molecular weight excluding hydrogens is 411 g/mol. The number of anilines is 1. The number of carboxylic acid groups (broad SMARTS) is 1. The monoisotopic (exact) mass is 428 g/mol. The summed E-state index contributed by atoms with van der Waals surface area (Å²) < 4.78 is 2.05. The predicted octanol–water partition coefficient (Wildman–Crippen LogP) is 5.27. The molecule has 0 fully saturated rings.